The van der Waals surface area contributed by atoms with Crippen molar-refractivity contribution in [3.63, 3.8) is 0 Å². The molecule has 0 saturated carbocycles. The molecule has 0 fully saturated rings. The lowest BCUT2D eigenvalue weighted by Gasteiger charge is -2.21. The zero-order valence-corrected chi connectivity index (χ0v) is 11.4. The first-order valence-corrected chi connectivity index (χ1v) is 7.06. The number of nitrogens with two attached hydrogens (primary N) is 1. The average molecular weight is 290 g/mol. The van der Waals surface area contributed by atoms with Gasteiger partial charge in [0.15, 0.2) is 0 Å². The molecule has 1 rings (SSSR count). The molecular weight excluding hydrogens is 272 g/mol. The normalized spacial score (nSPS) is 11.8. The van der Waals surface area contributed by atoms with E-state index >= 15 is 0 Å². The van der Waals surface area contributed by atoms with Gasteiger partial charge in [0, 0.05) is 19.2 Å². The molecule has 0 spiro atoms. The molecule has 7 nitrogen and oxygen atoms in total. The Morgan fingerprint density at radius 3 is 2.26 bits per heavy atom. The Morgan fingerprint density at radius 1 is 1.26 bits per heavy atom. The first-order chi connectivity index (χ1) is 8.97. The van der Waals surface area contributed by atoms with Gasteiger partial charge in [0.1, 0.15) is 10.6 Å². The number of rotatable bonds is 7. The van der Waals surface area contributed by atoms with E-state index in [-0.39, 0.29) is 36.9 Å². The van der Waals surface area contributed by atoms with Gasteiger partial charge >= 0.3 is 0 Å². The third kappa shape index (κ3) is 3.57. The topological polar surface area (TPSA) is 113 Å². The molecule has 1 aromatic carbocycles. The molecule has 0 saturated heterocycles. The summed E-state index contributed by atoms with van der Waals surface area (Å²) in [6, 6.07) is 4.23. The van der Waals surface area contributed by atoms with Gasteiger partial charge in [-0.3, -0.25) is 0 Å². The van der Waals surface area contributed by atoms with Crippen molar-refractivity contribution in [2.45, 2.75) is 4.90 Å². The molecule has 0 atom stereocenters. The molecule has 0 amide bonds. The van der Waals surface area contributed by atoms with E-state index < -0.39 is 10.0 Å². The molecule has 4 N–H and O–H groups in total. The van der Waals surface area contributed by atoms with Crippen LogP contribution in [0.25, 0.3) is 0 Å². The Labute approximate surface area is 112 Å². The van der Waals surface area contributed by atoms with E-state index in [2.05, 4.69) is 0 Å². The lowest BCUT2D eigenvalue weighted by atomic mass is 10.3. The number of hydrogen-bond acceptors (Lipinski definition) is 6. The summed E-state index contributed by atoms with van der Waals surface area (Å²) in [4.78, 5) is -0.0739. The van der Waals surface area contributed by atoms with Crippen LogP contribution < -0.4 is 10.5 Å². The van der Waals surface area contributed by atoms with Crippen LogP contribution in [0.5, 0.6) is 5.75 Å². The van der Waals surface area contributed by atoms with Crippen molar-refractivity contribution in [1.29, 1.82) is 0 Å². The van der Waals surface area contributed by atoms with E-state index in [0.29, 0.717) is 5.75 Å². The summed E-state index contributed by atoms with van der Waals surface area (Å²) in [7, 11) is -2.40. The third-order valence-electron chi connectivity index (χ3n) is 2.53. The summed E-state index contributed by atoms with van der Waals surface area (Å²) in [5.74, 6) is 0.451. The minimum Gasteiger partial charge on any atom is -0.497 e. The van der Waals surface area contributed by atoms with E-state index in [0.717, 1.165) is 4.31 Å². The van der Waals surface area contributed by atoms with Crippen LogP contribution in [0.1, 0.15) is 0 Å². The number of aliphatic hydroxyl groups is 2. The predicted octanol–water partition coefficient (Wildman–Crippen LogP) is -0.747. The number of nitrogen functional groups attached to an aromatic ring is 1. The zero-order chi connectivity index (χ0) is 14.5. The number of ether oxygens (including phenoxy) is 1. The van der Waals surface area contributed by atoms with Crippen LogP contribution >= 0.6 is 0 Å². The van der Waals surface area contributed by atoms with E-state index in [1.807, 2.05) is 0 Å². The van der Waals surface area contributed by atoms with Crippen LogP contribution in [0.15, 0.2) is 23.1 Å². The Kier molecular flexibility index (Phi) is 5.55. The maximum Gasteiger partial charge on any atom is 0.245 e. The first kappa shape index (κ1) is 15.7. The lowest BCUT2D eigenvalue weighted by Crippen LogP contribution is -2.36. The summed E-state index contributed by atoms with van der Waals surface area (Å²) in [5.41, 5.74) is 5.76. The largest absolute Gasteiger partial charge is 0.497 e. The summed E-state index contributed by atoms with van der Waals surface area (Å²) in [6.45, 7) is -0.882. The van der Waals surface area contributed by atoms with Gasteiger partial charge < -0.3 is 20.7 Å². The van der Waals surface area contributed by atoms with Crippen molar-refractivity contribution in [2.24, 2.45) is 0 Å². The fourth-order valence-corrected chi connectivity index (χ4v) is 3.12. The van der Waals surface area contributed by atoms with Gasteiger partial charge in [0.05, 0.1) is 26.0 Å². The minimum absolute atomic E-state index is 0.0558. The highest BCUT2D eigenvalue weighted by molar-refractivity contribution is 7.89. The summed E-state index contributed by atoms with van der Waals surface area (Å²) in [5, 5.41) is 17.8. The number of hydrogen-bond donors (Lipinski definition) is 3. The third-order valence-corrected chi connectivity index (χ3v) is 4.51. The molecule has 8 heteroatoms. The average Bonchev–Trinajstić information content (AvgIpc) is 2.38. The number of anilines is 1. The molecule has 1 aromatic rings. The predicted molar refractivity (Wildman–Crippen MR) is 70.3 cm³/mol. The summed E-state index contributed by atoms with van der Waals surface area (Å²) in [6.07, 6.45) is 0. The minimum atomic E-state index is -3.85. The second-order valence-corrected chi connectivity index (χ2v) is 5.66. The number of benzene rings is 1. The van der Waals surface area contributed by atoms with Crippen LogP contribution in [0, 0.1) is 0 Å². The van der Waals surface area contributed by atoms with E-state index in [1.54, 1.807) is 0 Å². The molecule has 0 unspecified atom stereocenters. The highest BCUT2D eigenvalue weighted by atomic mass is 32.2. The van der Waals surface area contributed by atoms with Crippen molar-refractivity contribution in [1.82, 2.24) is 4.31 Å². The van der Waals surface area contributed by atoms with Gasteiger partial charge in [0.25, 0.3) is 0 Å². The Hall–Kier alpha value is -1.35. The van der Waals surface area contributed by atoms with Crippen molar-refractivity contribution >= 4 is 15.7 Å². The van der Waals surface area contributed by atoms with Gasteiger partial charge in [-0.2, -0.15) is 4.31 Å². The number of aliphatic hydroxyl groups excluding tert-OH is 2. The van der Waals surface area contributed by atoms with Gasteiger partial charge in [-0.15, -0.1) is 0 Å². The fraction of sp³-hybridized carbons (Fsp3) is 0.455. The van der Waals surface area contributed by atoms with E-state index in [9.17, 15) is 8.42 Å². The zero-order valence-electron chi connectivity index (χ0n) is 10.6. The summed E-state index contributed by atoms with van der Waals surface area (Å²) < 4.78 is 30.6. The van der Waals surface area contributed by atoms with Crippen molar-refractivity contribution in [2.75, 3.05) is 39.1 Å². The summed E-state index contributed by atoms with van der Waals surface area (Å²) >= 11 is 0. The van der Waals surface area contributed by atoms with Gasteiger partial charge in [-0.05, 0) is 12.1 Å². The van der Waals surface area contributed by atoms with Gasteiger partial charge in [-0.25, -0.2) is 8.42 Å². The maximum absolute atomic E-state index is 12.3. The molecule has 0 aliphatic carbocycles. The van der Waals surface area contributed by atoms with Crippen molar-refractivity contribution in [3.05, 3.63) is 18.2 Å². The number of nitrogens with zero attached hydrogens (tertiary/aromatic N) is 1. The Bertz CT molecular complexity index is 512. The molecule has 0 heterocycles. The van der Waals surface area contributed by atoms with Crippen molar-refractivity contribution in [3.8, 4) is 5.75 Å². The number of methoxy groups -OCH3 is 1. The lowest BCUT2D eigenvalue weighted by molar-refractivity contribution is 0.217. The molecular formula is C11H18N2O5S. The molecule has 108 valence electrons. The molecule has 0 aliphatic rings. The van der Waals surface area contributed by atoms with Gasteiger partial charge in [0.2, 0.25) is 10.0 Å². The molecule has 0 radical (unpaired) electrons. The molecule has 0 aromatic heterocycles. The molecule has 0 bridgehead atoms. The Balaban J connectivity index is 3.17. The standard InChI is InChI=1S/C11H18N2O5S/c1-18-9-2-3-11(10(12)8-9)19(16,17)13(4-6-14)5-7-15/h2-3,8,14-15H,4-7,12H2,1H3. The molecule has 0 aliphatic heterocycles. The smallest absolute Gasteiger partial charge is 0.245 e. The van der Waals surface area contributed by atoms with Crippen LogP contribution in [0.2, 0.25) is 0 Å². The number of sulfonamides is 1. The highest BCUT2D eigenvalue weighted by Gasteiger charge is 2.25. The second-order valence-electron chi connectivity index (χ2n) is 3.76. The Morgan fingerprint density at radius 2 is 1.84 bits per heavy atom. The van der Waals surface area contributed by atoms with Gasteiger partial charge in [-0.1, -0.05) is 0 Å². The van der Waals surface area contributed by atoms with E-state index in [4.69, 9.17) is 20.7 Å². The fourth-order valence-electron chi connectivity index (χ4n) is 1.60. The maximum atomic E-state index is 12.3. The van der Waals surface area contributed by atoms with E-state index in [1.165, 1.54) is 25.3 Å². The second kappa shape index (κ2) is 6.71. The molecule has 19 heavy (non-hydrogen) atoms. The first-order valence-electron chi connectivity index (χ1n) is 5.62. The quantitative estimate of drug-likeness (QED) is 0.570. The highest BCUT2D eigenvalue weighted by Crippen LogP contribution is 2.26. The van der Waals surface area contributed by atoms with Crippen molar-refractivity contribution < 1.29 is 23.4 Å². The monoisotopic (exact) mass is 290 g/mol. The van der Waals surface area contributed by atoms with Crippen LogP contribution in [-0.4, -0.2) is 56.3 Å². The SMILES string of the molecule is COc1ccc(S(=O)(=O)N(CCO)CCO)c(N)c1. The van der Waals surface area contributed by atoms with Crippen LogP contribution in [0.3, 0.4) is 0 Å². The van der Waals surface area contributed by atoms with Crippen LogP contribution in [0.4, 0.5) is 5.69 Å². The van der Waals surface area contributed by atoms with Crippen LogP contribution in [-0.2, 0) is 10.0 Å².